The third-order valence-electron chi connectivity index (χ3n) is 3.15. The summed E-state index contributed by atoms with van der Waals surface area (Å²) in [6.45, 7) is 8.23. The Morgan fingerprint density at radius 3 is 2.56 bits per heavy atom. The summed E-state index contributed by atoms with van der Waals surface area (Å²) in [6, 6.07) is 0. The maximum atomic E-state index is 6.04. The van der Waals surface area contributed by atoms with Crippen LogP contribution in [0.4, 0.5) is 5.82 Å². The van der Waals surface area contributed by atoms with E-state index in [9.17, 15) is 0 Å². The number of nitrogens with two attached hydrogens (primary N) is 1. The molecule has 96 valence electrons. The SMILES string of the molecule is CC1(C)OC(C)(C)c2sc(-c3cn[nH]c3N)nc21. The summed E-state index contributed by atoms with van der Waals surface area (Å²) >= 11 is 1.63. The highest BCUT2D eigenvalue weighted by atomic mass is 32.1. The van der Waals surface area contributed by atoms with Gasteiger partial charge in [-0.1, -0.05) is 0 Å². The number of thiazole rings is 1. The molecule has 0 saturated heterocycles. The van der Waals surface area contributed by atoms with E-state index in [0.29, 0.717) is 5.82 Å². The Hall–Kier alpha value is -1.40. The number of nitrogens with zero attached hydrogens (tertiary/aromatic N) is 2. The fourth-order valence-corrected chi connectivity index (χ4v) is 3.73. The second kappa shape index (κ2) is 3.33. The standard InChI is InChI=1S/C12H16N4OS/c1-11(2)7-8(12(3,4)17-11)18-10(15-7)6-5-14-16-9(6)13/h5H,1-4H3,(H3,13,14,16). The molecule has 2 aromatic rings. The highest BCUT2D eigenvalue weighted by molar-refractivity contribution is 7.15. The zero-order chi connectivity index (χ0) is 13.1. The Balaban J connectivity index is 2.17. The van der Waals surface area contributed by atoms with Crippen LogP contribution < -0.4 is 5.73 Å². The first kappa shape index (κ1) is 11.7. The molecule has 0 aliphatic carbocycles. The summed E-state index contributed by atoms with van der Waals surface area (Å²) < 4.78 is 6.04. The molecule has 1 aliphatic rings. The fourth-order valence-electron chi connectivity index (χ4n) is 2.45. The number of hydrogen-bond acceptors (Lipinski definition) is 5. The van der Waals surface area contributed by atoms with Gasteiger partial charge in [-0.05, 0) is 27.7 Å². The minimum atomic E-state index is -0.355. The lowest BCUT2D eigenvalue weighted by atomic mass is 10.0. The lowest BCUT2D eigenvalue weighted by molar-refractivity contribution is -0.105. The van der Waals surface area contributed by atoms with Crippen molar-refractivity contribution in [3.8, 4) is 10.6 Å². The molecule has 18 heavy (non-hydrogen) atoms. The van der Waals surface area contributed by atoms with Gasteiger partial charge >= 0.3 is 0 Å². The van der Waals surface area contributed by atoms with Crippen LogP contribution in [0, 0.1) is 0 Å². The van der Waals surface area contributed by atoms with Gasteiger partial charge in [-0.2, -0.15) is 5.10 Å². The Morgan fingerprint density at radius 2 is 2.00 bits per heavy atom. The van der Waals surface area contributed by atoms with Crippen molar-refractivity contribution in [1.29, 1.82) is 0 Å². The number of aromatic amines is 1. The number of nitrogen functional groups attached to an aromatic ring is 1. The van der Waals surface area contributed by atoms with E-state index in [4.69, 9.17) is 15.5 Å². The first-order chi connectivity index (χ1) is 8.31. The Labute approximate surface area is 109 Å². The van der Waals surface area contributed by atoms with Gasteiger partial charge in [0, 0.05) is 0 Å². The molecule has 5 nitrogen and oxygen atoms in total. The van der Waals surface area contributed by atoms with Crippen molar-refractivity contribution in [2.75, 3.05) is 5.73 Å². The Kier molecular flexibility index (Phi) is 2.16. The van der Waals surface area contributed by atoms with E-state index in [2.05, 4.69) is 24.0 Å². The molecule has 0 spiro atoms. The molecule has 0 saturated carbocycles. The summed E-state index contributed by atoms with van der Waals surface area (Å²) in [5.74, 6) is 0.555. The first-order valence-electron chi connectivity index (χ1n) is 5.82. The van der Waals surface area contributed by atoms with Crippen LogP contribution in [0.3, 0.4) is 0 Å². The summed E-state index contributed by atoms with van der Waals surface area (Å²) in [4.78, 5) is 5.87. The molecule has 0 atom stereocenters. The van der Waals surface area contributed by atoms with Crippen molar-refractivity contribution in [3.63, 3.8) is 0 Å². The van der Waals surface area contributed by atoms with Gasteiger partial charge in [-0.3, -0.25) is 5.10 Å². The fraction of sp³-hybridized carbons (Fsp3) is 0.500. The number of H-pyrrole nitrogens is 1. The first-order valence-corrected chi connectivity index (χ1v) is 6.64. The predicted octanol–water partition coefficient (Wildman–Crippen LogP) is 2.62. The monoisotopic (exact) mass is 264 g/mol. The van der Waals surface area contributed by atoms with Crippen LogP contribution in [-0.2, 0) is 15.9 Å². The highest BCUT2D eigenvalue weighted by Gasteiger charge is 2.46. The van der Waals surface area contributed by atoms with Crippen molar-refractivity contribution in [3.05, 3.63) is 16.8 Å². The van der Waals surface area contributed by atoms with Crippen LogP contribution in [0.2, 0.25) is 0 Å². The van der Waals surface area contributed by atoms with Crippen LogP contribution in [0.5, 0.6) is 0 Å². The maximum Gasteiger partial charge on any atom is 0.129 e. The highest BCUT2D eigenvalue weighted by Crippen LogP contribution is 2.50. The Bertz CT molecular complexity index is 580. The number of fused-ring (bicyclic) bond motifs is 1. The van der Waals surface area contributed by atoms with Crippen molar-refractivity contribution >= 4 is 17.2 Å². The number of nitrogens with one attached hydrogen (secondary N) is 1. The lowest BCUT2D eigenvalue weighted by Gasteiger charge is -2.24. The van der Waals surface area contributed by atoms with Crippen LogP contribution in [0.1, 0.15) is 38.3 Å². The zero-order valence-corrected chi connectivity index (χ0v) is 11.7. The molecule has 0 radical (unpaired) electrons. The van der Waals surface area contributed by atoms with Gasteiger partial charge in [0.2, 0.25) is 0 Å². The minimum absolute atomic E-state index is 0.298. The number of rotatable bonds is 1. The van der Waals surface area contributed by atoms with E-state index in [1.165, 1.54) is 4.88 Å². The molecular formula is C12H16N4OS. The molecular weight excluding hydrogens is 248 g/mol. The quantitative estimate of drug-likeness (QED) is 0.830. The predicted molar refractivity (Wildman–Crippen MR) is 71.2 cm³/mol. The van der Waals surface area contributed by atoms with Gasteiger partial charge in [0.1, 0.15) is 16.4 Å². The van der Waals surface area contributed by atoms with E-state index in [-0.39, 0.29) is 11.2 Å². The summed E-state index contributed by atoms with van der Waals surface area (Å²) in [5.41, 5.74) is 7.06. The van der Waals surface area contributed by atoms with Gasteiger partial charge in [-0.15, -0.1) is 11.3 Å². The lowest BCUT2D eigenvalue weighted by Crippen LogP contribution is -2.23. The third-order valence-corrected chi connectivity index (χ3v) is 4.55. The van der Waals surface area contributed by atoms with E-state index >= 15 is 0 Å². The van der Waals surface area contributed by atoms with Gasteiger partial charge in [0.25, 0.3) is 0 Å². The van der Waals surface area contributed by atoms with Crippen LogP contribution >= 0.6 is 11.3 Å². The van der Waals surface area contributed by atoms with Crippen LogP contribution in [0.25, 0.3) is 10.6 Å². The summed E-state index contributed by atoms with van der Waals surface area (Å²) in [6.07, 6.45) is 1.71. The minimum Gasteiger partial charge on any atom is -0.383 e. The molecule has 3 heterocycles. The van der Waals surface area contributed by atoms with Gasteiger partial charge < -0.3 is 10.5 Å². The number of aromatic nitrogens is 3. The smallest absolute Gasteiger partial charge is 0.129 e. The average Bonchev–Trinajstić information content (AvgIpc) is 2.84. The number of hydrogen-bond donors (Lipinski definition) is 2. The van der Waals surface area contributed by atoms with E-state index in [0.717, 1.165) is 16.3 Å². The van der Waals surface area contributed by atoms with E-state index < -0.39 is 0 Å². The van der Waals surface area contributed by atoms with Crippen LogP contribution in [0.15, 0.2) is 6.20 Å². The Morgan fingerprint density at radius 1 is 1.28 bits per heavy atom. The number of ether oxygens (including phenoxy) is 1. The van der Waals surface area contributed by atoms with Crippen molar-refractivity contribution in [2.24, 2.45) is 0 Å². The summed E-state index contributed by atoms with van der Waals surface area (Å²) in [5, 5.41) is 7.57. The van der Waals surface area contributed by atoms with Crippen LogP contribution in [-0.4, -0.2) is 15.2 Å². The second-order valence-electron chi connectivity index (χ2n) is 5.52. The molecule has 0 unspecified atom stereocenters. The molecule has 0 bridgehead atoms. The molecule has 0 amide bonds. The second-order valence-corrected chi connectivity index (χ2v) is 6.52. The van der Waals surface area contributed by atoms with Crippen molar-refractivity contribution in [2.45, 2.75) is 38.9 Å². The normalized spacial score (nSPS) is 20.0. The molecule has 1 aliphatic heterocycles. The average molecular weight is 264 g/mol. The topological polar surface area (TPSA) is 76.8 Å². The molecule has 0 fully saturated rings. The zero-order valence-electron chi connectivity index (χ0n) is 10.9. The van der Waals surface area contributed by atoms with Gasteiger partial charge in [-0.25, -0.2) is 4.98 Å². The molecule has 2 aromatic heterocycles. The van der Waals surface area contributed by atoms with Crippen molar-refractivity contribution < 1.29 is 4.74 Å². The summed E-state index contributed by atoms with van der Waals surface area (Å²) in [7, 11) is 0. The third kappa shape index (κ3) is 1.49. The van der Waals surface area contributed by atoms with Gasteiger partial charge in [0.05, 0.1) is 27.9 Å². The number of anilines is 1. The van der Waals surface area contributed by atoms with Gasteiger partial charge in [0.15, 0.2) is 0 Å². The molecule has 3 N–H and O–H groups in total. The maximum absolute atomic E-state index is 6.04. The molecule has 0 aromatic carbocycles. The van der Waals surface area contributed by atoms with E-state index in [1.54, 1.807) is 17.5 Å². The van der Waals surface area contributed by atoms with Crippen molar-refractivity contribution in [1.82, 2.24) is 15.2 Å². The van der Waals surface area contributed by atoms with E-state index in [1.807, 2.05) is 13.8 Å². The largest absolute Gasteiger partial charge is 0.383 e. The molecule has 3 rings (SSSR count). The molecule has 6 heteroatoms.